The summed E-state index contributed by atoms with van der Waals surface area (Å²) < 4.78 is 90.0. The Hall–Kier alpha value is -0.626. The molecule has 0 aromatic heterocycles. The van der Waals surface area contributed by atoms with Gasteiger partial charge in [0.2, 0.25) is 0 Å². The summed E-state index contributed by atoms with van der Waals surface area (Å²) in [6.45, 7) is 54.0. The molecular weight excluding hydrogens is 748 g/mol. The summed E-state index contributed by atoms with van der Waals surface area (Å²) in [6, 6.07) is 0. The van der Waals surface area contributed by atoms with E-state index in [0.717, 1.165) is 0 Å². The Bertz CT molecular complexity index is 227. The molecule has 156 valence electrons. The van der Waals surface area contributed by atoms with Gasteiger partial charge in [-0.2, -0.15) is 0 Å². The molecule has 4 radical (unpaired) electrons. The van der Waals surface area contributed by atoms with Gasteiger partial charge in [0.15, 0.2) is 0 Å². The fourth-order valence-corrected chi connectivity index (χ4v) is 0. The summed E-state index contributed by atoms with van der Waals surface area (Å²) in [5, 5.41) is 0. The molecule has 0 aromatic rings. The summed E-state index contributed by atoms with van der Waals surface area (Å²) >= 11 is 0. The molecule has 0 aromatic carbocycles. The smallest absolute Gasteiger partial charge is 0 e. The Labute approximate surface area is 212 Å². The first-order valence-corrected chi connectivity index (χ1v) is 2.45. The number of hydrogen-bond acceptors (Lipinski definition) is 0. The van der Waals surface area contributed by atoms with E-state index in [1.54, 1.807) is 0 Å². The predicted octanol–water partition coefficient (Wildman–Crippen LogP) is -0.460. The van der Waals surface area contributed by atoms with E-state index >= 15 is 0 Å². The maximum atomic E-state index is 7.50. The van der Waals surface area contributed by atoms with E-state index in [9.17, 15) is 0 Å². The first-order valence-electron chi connectivity index (χ1n) is 2.45. The molecule has 0 aliphatic rings. The van der Waals surface area contributed by atoms with Gasteiger partial charge in [0.1, 0.15) is 0 Å². The molecule has 0 unspecified atom stereocenters. The monoisotopic (exact) mass is 748 g/mol. The van der Waals surface area contributed by atoms with Crippen molar-refractivity contribution in [3.63, 3.8) is 0 Å². The van der Waals surface area contributed by atoms with Gasteiger partial charge >= 0.3 is 136 Å². The van der Waals surface area contributed by atoms with Gasteiger partial charge in [0.05, 0.1) is 0 Å². The first-order chi connectivity index (χ1) is 12.0. The van der Waals surface area contributed by atoms with Crippen molar-refractivity contribution in [1.29, 1.82) is 0 Å². The second-order valence-electron chi connectivity index (χ2n) is 0. The van der Waals surface area contributed by atoms with E-state index in [4.69, 9.17) is 55.8 Å². The second-order valence-corrected chi connectivity index (χ2v) is 0. The molecule has 0 N–H and O–H groups in total. The molecule has 12 nitrogen and oxygen atoms in total. The molecule has 0 aliphatic carbocycles. The van der Waals surface area contributed by atoms with Crippen LogP contribution in [0, 0.1) is 79.8 Å². The Balaban J connectivity index is -0.00000000396. The summed E-state index contributed by atoms with van der Waals surface area (Å²) in [6.07, 6.45) is 0. The van der Waals surface area contributed by atoms with Crippen LogP contribution in [0.1, 0.15) is 0 Å². The van der Waals surface area contributed by atoms with Crippen molar-refractivity contribution in [2.45, 2.75) is 0 Å². The van der Waals surface area contributed by atoms with Crippen molar-refractivity contribution < 1.29 is 134 Å². The van der Waals surface area contributed by atoms with Crippen LogP contribution in [0.3, 0.4) is 0 Å². The van der Waals surface area contributed by atoms with E-state index in [0.29, 0.717) is 0 Å². The first kappa shape index (κ1) is 147. The minimum absolute atomic E-state index is 0. The molecule has 0 bridgehead atoms. The fourth-order valence-electron chi connectivity index (χ4n) is 0. The van der Waals surface area contributed by atoms with Crippen molar-refractivity contribution in [2.24, 2.45) is 0 Å². The maximum absolute atomic E-state index is 7.50. The molecule has 0 saturated carbocycles. The van der Waals surface area contributed by atoms with Gasteiger partial charge in [0, 0.05) is 77.9 Å². The van der Waals surface area contributed by atoms with Gasteiger partial charge in [0.25, 0.3) is 0 Å². The van der Waals surface area contributed by atoms with Crippen molar-refractivity contribution >= 4 is 0 Å². The minimum Gasteiger partial charge on any atom is 0 e. The van der Waals surface area contributed by atoms with Crippen molar-refractivity contribution in [3.05, 3.63) is 79.8 Å². The van der Waals surface area contributed by atoms with E-state index in [2.05, 4.69) is 79.8 Å². The average molecular weight is 748 g/mol. The van der Waals surface area contributed by atoms with E-state index in [-0.39, 0.29) is 77.9 Å². The molecule has 0 aliphatic heterocycles. The van der Waals surface area contributed by atoms with Gasteiger partial charge in [-0.1, -0.05) is 0 Å². The summed E-state index contributed by atoms with van der Waals surface area (Å²) in [7, 11) is 0. The zero-order chi connectivity index (χ0) is 24.0. The van der Waals surface area contributed by atoms with Crippen LogP contribution < -0.4 is 0 Å². The van der Waals surface area contributed by atoms with Gasteiger partial charge in [-0.25, -0.2) is 0 Å². The minimum atomic E-state index is 0. The van der Waals surface area contributed by atoms with Crippen molar-refractivity contribution in [3.8, 4) is 0 Å². The van der Waals surface area contributed by atoms with Crippen LogP contribution in [0.2, 0.25) is 0 Å². The van der Waals surface area contributed by atoms with Crippen molar-refractivity contribution in [2.75, 3.05) is 0 Å². The zero-order valence-electron chi connectivity index (χ0n) is 12.2. The quantitative estimate of drug-likeness (QED) is 0.174. The topological polar surface area (TPSA) is 239 Å². The van der Waals surface area contributed by atoms with E-state index in [1.165, 1.54) is 0 Å². The van der Waals surface area contributed by atoms with Gasteiger partial charge < -0.3 is 0 Å². The van der Waals surface area contributed by atoms with E-state index in [1.807, 2.05) is 0 Å². The van der Waals surface area contributed by atoms with Gasteiger partial charge in [-0.05, 0) is 0 Å². The van der Waals surface area contributed by atoms with Crippen LogP contribution in [0.15, 0.2) is 0 Å². The third kappa shape index (κ3) is 38400. The van der Waals surface area contributed by atoms with Crippen LogP contribution in [0.5, 0.6) is 0 Å². The van der Waals surface area contributed by atoms with Crippen LogP contribution in [-0.4, -0.2) is 0 Å². The third-order valence-corrected chi connectivity index (χ3v) is 0. The second kappa shape index (κ2) is 43300. The molecule has 0 amide bonds. The third-order valence-electron chi connectivity index (χ3n) is 0. The molecular formula is C12O12Rh4. The number of hydrogen-bond donors (Lipinski definition) is 0. The van der Waals surface area contributed by atoms with Crippen LogP contribution >= 0.6 is 0 Å². The normalized spacial score (nSPS) is 0.857. The molecule has 0 spiro atoms. The predicted molar refractivity (Wildman–Crippen MR) is 47.2 cm³/mol. The molecule has 0 heterocycles. The Morgan fingerprint density at radius 2 is 0.143 bits per heavy atom. The van der Waals surface area contributed by atoms with Crippen LogP contribution in [0.25, 0.3) is 0 Å². The molecule has 16 heteroatoms. The Kier molecular flexibility index (Phi) is 227000. The maximum Gasteiger partial charge on any atom is 0 e. The molecule has 0 atom stereocenters. The van der Waals surface area contributed by atoms with Crippen LogP contribution in [0.4, 0.5) is 0 Å². The molecule has 0 rings (SSSR count). The zero-order valence-corrected chi connectivity index (χ0v) is 18.8. The summed E-state index contributed by atoms with van der Waals surface area (Å²) in [4.78, 5) is 0. The Morgan fingerprint density at radius 3 is 0.143 bits per heavy atom. The average Bonchev–Trinajstić information content (AvgIpc) is 2.84. The SMILES string of the molecule is [C-]#[O+].[C-]#[O+].[C-]#[O+].[C-]#[O+].[C-]#[O+].[C-]#[O+].[C-]#[O+].[C-]#[O+].[C-]#[O+].[C-]#[O+].[C-]#[O+].[C-]#[O+].[Rh].[Rh].[Rh].[Rh]. The Morgan fingerprint density at radius 1 is 0.143 bits per heavy atom. The molecule has 0 saturated heterocycles. The number of rotatable bonds is 0. The summed E-state index contributed by atoms with van der Waals surface area (Å²) in [5.41, 5.74) is 0. The van der Waals surface area contributed by atoms with Crippen molar-refractivity contribution in [1.82, 2.24) is 0 Å². The standard InChI is InChI=1S/12CO.4Rh/c12*1-2;;;;. The van der Waals surface area contributed by atoms with Gasteiger partial charge in [-0.3, -0.25) is 0 Å². The fraction of sp³-hybridized carbons (Fsp3) is 0. The summed E-state index contributed by atoms with van der Waals surface area (Å²) in [5.74, 6) is 0. The largest absolute Gasteiger partial charge is 0 e. The van der Waals surface area contributed by atoms with Crippen LogP contribution in [-0.2, 0) is 134 Å². The molecule has 0 fully saturated rings. The van der Waals surface area contributed by atoms with Gasteiger partial charge in [-0.15, -0.1) is 0 Å². The molecule has 28 heavy (non-hydrogen) atoms. The van der Waals surface area contributed by atoms with E-state index < -0.39 is 0 Å².